The molecule has 0 amide bonds. The average Bonchev–Trinajstić information content (AvgIpc) is 2.42. The Morgan fingerprint density at radius 2 is 1.89 bits per heavy atom. The fourth-order valence-electron chi connectivity index (χ4n) is 1.83. The molecule has 3 heteroatoms. The molecule has 0 spiro atoms. The maximum absolute atomic E-state index is 6.11. The van der Waals surface area contributed by atoms with Crippen molar-refractivity contribution >= 4 is 27.5 Å². The lowest BCUT2D eigenvalue weighted by Crippen LogP contribution is -2.29. The first-order valence-electron chi connectivity index (χ1n) is 6.58. The van der Waals surface area contributed by atoms with Gasteiger partial charge in [0.1, 0.15) is 5.75 Å². The maximum Gasteiger partial charge on any atom is 0.119 e. The van der Waals surface area contributed by atoms with Crippen molar-refractivity contribution in [3.05, 3.63) is 28.8 Å². The molecule has 0 atom stereocenters. The van der Waals surface area contributed by atoms with Crippen LogP contribution in [-0.2, 0) is 6.42 Å². The predicted molar refractivity (Wildman–Crippen MR) is 83.1 cm³/mol. The number of halogens is 2. The number of aryl methyl sites for hydroxylation is 1. The summed E-state index contributed by atoms with van der Waals surface area (Å²) in [7, 11) is 0. The lowest BCUT2D eigenvalue weighted by Gasteiger charge is -2.29. The number of alkyl halides is 1. The van der Waals surface area contributed by atoms with Crippen molar-refractivity contribution in [2.45, 2.75) is 40.0 Å². The summed E-state index contributed by atoms with van der Waals surface area (Å²) >= 11 is 9.71. The number of ether oxygens (including phenoxy) is 1. The van der Waals surface area contributed by atoms with E-state index in [-0.39, 0.29) is 5.41 Å². The molecule has 0 aromatic heterocycles. The highest BCUT2D eigenvalue weighted by atomic mass is 79.9. The molecule has 1 nitrogen and oxygen atoms in total. The van der Waals surface area contributed by atoms with E-state index in [1.165, 1.54) is 0 Å². The van der Waals surface area contributed by atoms with Gasteiger partial charge >= 0.3 is 0 Å². The second kappa shape index (κ2) is 7.40. The number of benzene rings is 1. The van der Waals surface area contributed by atoms with Crippen LogP contribution in [0, 0.1) is 5.41 Å². The average molecular weight is 334 g/mol. The van der Waals surface area contributed by atoms with Gasteiger partial charge in [-0.2, -0.15) is 0 Å². The Labute approximate surface area is 124 Å². The molecule has 18 heavy (non-hydrogen) atoms. The van der Waals surface area contributed by atoms with Crippen LogP contribution in [0.25, 0.3) is 0 Å². The van der Waals surface area contributed by atoms with E-state index >= 15 is 0 Å². The summed E-state index contributed by atoms with van der Waals surface area (Å²) in [4.78, 5) is 0. The third kappa shape index (κ3) is 3.89. The van der Waals surface area contributed by atoms with E-state index in [1.807, 2.05) is 18.2 Å². The molecule has 0 unspecified atom stereocenters. The lowest BCUT2D eigenvalue weighted by molar-refractivity contribution is 0.158. The van der Waals surface area contributed by atoms with Crippen LogP contribution in [0.1, 0.15) is 39.2 Å². The van der Waals surface area contributed by atoms with Crippen molar-refractivity contribution in [1.82, 2.24) is 0 Å². The second-order valence-corrected chi connectivity index (χ2v) is 5.70. The van der Waals surface area contributed by atoms with E-state index in [0.29, 0.717) is 0 Å². The summed E-state index contributed by atoms with van der Waals surface area (Å²) in [6.07, 6.45) is 3.16. The summed E-state index contributed by atoms with van der Waals surface area (Å²) in [5.41, 5.74) is 1.37. The lowest BCUT2D eigenvalue weighted by atomic mass is 9.86. The highest BCUT2D eigenvalue weighted by molar-refractivity contribution is 9.09. The molecule has 0 saturated carbocycles. The van der Waals surface area contributed by atoms with Crippen molar-refractivity contribution in [2.24, 2.45) is 5.41 Å². The third-order valence-electron chi connectivity index (χ3n) is 3.73. The number of rotatable bonds is 7. The number of hydrogen-bond acceptors (Lipinski definition) is 1. The van der Waals surface area contributed by atoms with Gasteiger partial charge in [0, 0.05) is 15.8 Å². The zero-order valence-corrected chi connectivity index (χ0v) is 13.8. The van der Waals surface area contributed by atoms with Crippen molar-refractivity contribution in [3.8, 4) is 5.75 Å². The van der Waals surface area contributed by atoms with E-state index in [2.05, 4.69) is 36.7 Å². The fraction of sp³-hybridized carbons (Fsp3) is 0.600. The monoisotopic (exact) mass is 332 g/mol. The van der Waals surface area contributed by atoms with E-state index in [4.69, 9.17) is 16.3 Å². The van der Waals surface area contributed by atoms with Crippen LogP contribution in [0.4, 0.5) is 0 Å². The minimum absolute atomic E-state index is 0.228. The molecule has 1 rings (SSSR count). The normalized spacial score (nSPS) is 11.6. The molecule has 0 bridgehead atoms. The molecule has 0 aliphatic carbocycles. The second-order valence-electron chi connectivity index (χ2n) is 4.74. The van der Waals surface area contributed by atoms with Gasteiger partial charge in [0.05, 0.1) is 6.61 Å². The molecule has 1 aromatic carbocycles. The van der Waals surface area contributed by atoms with Gasteiger partial charge in [-0.1, -0.05) is 48.3 Å². The van der Waals surface area contributed by atoms with Crippen molar-refractivity contribution in [2.75, 3.05) is 11.9 Å². The first-order valence-corrected chi connectivity index (χ1v) is 8.08. The Morgan fingerprint density at radius 1 is 1.22 bits per heavy atom. The van der Waals surface area contributed by atoms with Gasteiger partial charge in [0.15, 0.2) is 0 Å². The van der Waals surface area contributed by atoms with Crippen LogP contribution in [0.15, 0.2) is 18.2 Å². The summed E-state index contributed by atoms with van der Waals surface area (Å²) in [6.45, 7) is 7.28. The summed E-state index contributed by atoms with van der Waals surface area (Å²) in [6, 6.07) is 5.92. The molecule has 0 fully saturated rings. The SMILES string of the molecule is CCc1cc(OCC(CC)(CC)CBr)ccc1Cl. The largest absolute Gasteiger partial charge is 0.493 e. The Kier molecular flexibility index (Phi) is 6.51. The molecule has 0 aliphatic heterocycles. The van der Waals surface area contributed by atoms with Gasteiger partial charge in [-0.3, -0.25) is 0 Å². The quantitative estimate of drug-likeness (QED) is 0.600. The van der Waals surface area contributed by atoms with Gasteiger partial charge in [0.2, 0.25) is 0 Å². The summed E-state index contributed by atoms with van der Waals surface area (Å²) in [5, 5.41) is 1.80. The first kappa shape index (κ1) is 15.8. The Bertz CT molecular complexity index is 366. The van der Waals surface area contributed by atoms with E-state index < -0.39 is 0 Å². The van der Waals surface area contributed by atoms with Crippen LogP contribution in [0.5, 0.6) is 5.75 Å². The third-order valence-corrected chi connectivity index (χ3v) is 5.28. The van der Waals surface area contributed by atoms with Gasteiger partial charge in [0.25, 0.3) is 0 Å². The first-order chi connectivity index (χ1) is 8.60. The standard InChI is InChI=1S/C15H22BrClO/c1-4-12-9-13(7-8-14(12)17)18-11-15(5-2,6-3)10-16/h7-9H,4-6,10-11H2,1-3H3. The molecule has 1 aromatic rings. The summed E-state index contributed by atoms with van der Waals surface area (Å²) < 4.78 is 5.95. The minimum atomic E-state index is 0.228. The summed E-state index contributed by atoms with van der Waals surface area (Å²) in [5.74, 6) is 0.920. The van der Waals surface area contributed by atoms with Gasteiger partial charge in [-0.25, -0.2) is 0 Å². The van der Waals surface area contributed by atoms with Gasteiger partial charge in [-0.15, -0.1) is 0 Å². The Balaban J connectivity index is 2.73. The Hall–Kier alpha value is -0.210. The molecular weight excluding hydrogens is 312 g/mol. The molecule has 0 heterocycles. The van der Waals surface area contributed by atoms with Crippen molar-refractivity contribution < 1.29 is 4.74 Å². The molecule has 102 valence electrons. The minimum Gasteiger partial charge on any atom is -0.493 e. The Morgan fingerprint density at radius 3 is 2.39 bits per heavy atom. The van der Waals surface area contributed by atoms with Crippen molar-refractivity contribution in [1.29, 1.82) is 0 Å². The van der Waals surface area contributed by atoms with Crippen LogP contribution in [-0.4, -0.2) is 11.9 Å². The van der Waals surface area contributed by atoms with Gasteiger partial charge in [-0.05, 0) is 43.0 Å². The molecular formula is C15H22BrClO. The molecule has 0 aliphatic rings. The van der Waals surface area contributed by atoms with E-state index in [9.17, 15) is 0 Å². The number of hydrogen-bond donors (Lipinski definition) is 0. The van der Waals surface area contributed by atoms with Crippen LogP contribution >= 0.6 is 27.5 Å². The van der Waals surface area contributed by atoms with Crippen molar-refractivity contribution in [3.63, 3.8) is 0 Å². The predicted octanol–water partition coefficient (Wildman–Crippen LogP) is 5.48. The van der Waals surface area contributed by atoms with Gasteiger partial charge < -0.3 is 4.74 Å². The van der Waals surface area contributed by atoms with E-state index in [1.54, 1.807) is 0 Å². The highest BCUT2D eigenvalue weighted by Gasteiger charge is 2.25. The molecule has 0 N–H and O–H groups in total. The highest BCUT2D eigenvalue weighted by Crippen LogP contribution is 2.30. The zero-order valence-electron chi connectivity index (χ0n) is 11.4. The molecule has 0 radical (unpaired) electrons. The maximum atomic E-state index is 6.11. The fourth-order valence-corrected chi connectivity index (χ4v) is 3.04. The topological polar surface area (TPSA) is 9.23 Å². The van der Waals surface area contributed by atoms with Crippen LogP contribution < -0.4 is 4.74 Å². The van der Waals surface area contributed by atoms with Crippen LogP contribution in [0.2, 0.25) is 5.02 Å². The zero-order chi connectivity index (χ0) is 13.6. The smallest absolute Gasteiger partial charge is 0.119 e. The van der Waals surface area contributed by atoms with E-state index in [0.717, 1.165) is 47.5 Å². The van der Waals surface area contributed by atoms with Crippen LogP contribution in [0.3, 0.4) is 0 Å². The molecule has 0 saturated heterocycles.